The number of hydrogen-bond donors (Lipinski definition) is 2. The maximum Gasteiger partial charge on any atom is 0.312 e. The lowest BCUT2D eigenvalue weighted by Gasteiger charge is -2.39. The molecule has 1 atom stereocenters. The van der Waals surface area contributed by atoms with Crippen molar-refractivity contribution in [2.24, 2.45) is 5.41 Å². The van der Waals surface area contributed by atoms with Gasteiger partial charge in [-0.05, 0) is 69.4 Å². The van der Waals surface area contributed by atoms with Crippen LogP contribution < -0.4 is 5.32 Å². The number of anilines is 2. The van der Waals surface area contributed by atoms with Gasteiger partial charge in [0.1, 0.15) is 16.3 Å². The number of carbonyl (C=O) groups excluding carboxylic acids is 1. The monoisotopic (exact) mass is 530 g/mol. The van der Waals surface area contributed by atoms with Crippen LogP contribution in [-0.4, -0.2) is 32.6 Å². The number of esters is 1. The number of halogens is 2. The third-order valence-corrected chi connectivity index (χ3v) is 7.99. The number of alkyl halides is 2. The Bertz CT molecular complexity index is 1240. The van der Waals surface area contributed by atoms with Crippen LogP contribution in [0.2, 0.25) is 0 Å². The average Bonchev–Trinajstić information content (AvgIpc) is 3.36. The van der Waals surface area contributed by atoms with E-state index >= 15 is 0 Å². The number of ether oxygens (including phenoxy) is 1. The number of hydrogen-bond acceptors (Lipinski definition) is 8. The van der Waals surface area contributed by atoms with E-state index in [1.54, 1.807) is 20.0 Å². The average molecular weight is 531 g/mol. The Balaban J connectivity index is 1.57. The molecule has 3 aromatic rings. The maximum absolute atomic E-state index is 13.0. The fraction of sp³-hybridized carbons (Fsp3) is 0.481. The summed E-state index contributed by atoms with van der Waals surface area (Å²) in [5, 5.41) is 15.0. The number of nitrogens with one attached hydrogen (secondary N) is 1. The number of rotatable bonds is 9. The van der Waals surface area contributed by atoms with Crippen LogP contribution in [0.25, 0.3) is 10.4 Å². The quantitative estimate of drug-likeness (QED) is 0.297. The second-order valence-corrected chi connectivity index (χ2v) is 10.9. The predicted octanol–water partition coefficient (Wildman–Crippen LogP) is 6.70. The van der Waals surface area contributed by atoms with Gasteiger partial charge < -0.3 is 15.2 Å². The summed E-state index contributed by atoms with van der Waals surface area (Å²) < 4.78 is 31.4. The number of carbonyl (C=O) groups is 1. The van der Waals surface area contributed by atoms with Crippen molar-refractivity contribution in [2.45, 2.75) is 71.3 Å². The number of benzene rings is 1. The Morgan fingerprint density at radius 1 is 1.24 bits per heavy atom. The lowest BCUT2D eigenvalue weighted by Crippen LogP contribution is -2.41. The molecule has 0 spiro atoms. The zero-order valence-corrected chi connectivity index (χ0v) is 22.1. The second-order valence-electron chi connectivity index (χ2n) is 9.86. The summed E-state index contributed by atoms with van der Waals surface area (Å²) in [6.07, 6.45) is 4.90. The van der Waals surface area contributed by atoms with Crippen LogP contribution >= 0.6 is 11.3 Å². The van der Waals surface area contributed by atoms with E-state index in [9.17, 15) is 18.7 Å². The summed E-state index contributed by atoms with van der Waals surface area (Å²) in [4.78, 5) is 26.2. The molecule has 10 heteroatoms. The summed E-state index contributed by atoms with van der Waals surface area (Å²) in [7, 11) is 0. The molecule has 0 saturated heterocycles. The third-order valence-electron chi connectivity index (χ3n) is 6.69. The molecule has 2 aromatic heterocycles. The van der Waals surface area contributed by atoms with E-state index in [1.165, 1.54) is 23.6 Å². The van der Waals surface area contributed by atoms with E-state index in [0.29, 0.717) is 30.1 Å². The van der Waals surface area contributed by atoms with Gasteiger partial charge in [-0.1, -0.05) is 25.3 Å². The Labute approximate surface area is 219 Å². The Morgan fingerprint density at radius 2 is 2.00 bits per heavy atom. The molecular weight excluding hydrogens is 498 g/mol. The van der Waals surface area contributed by atoms with Crippen LogP contribution in [0.1, 0.15) is 75.1 Å². The van der Waals surface area contributed by atoms with E-state index in [1.807, 2.05) is 25.1 Å². The lowest BCUT2D eigenvalue weighted by atomic mass is 9.68. The SMILES string of the molecule is CCOC(=O)C1(CC(C)(O)c2ncc(-c3cc(C)cc(Nc4nccc(C(F)F)n4)c3)s2)CCCCC1. The lowest BCUT2D eigenvalue weighted by molar-refractivity contribution is -0.162. The van der Waals surface area contributed by atoms with Crippen molar-refractivity contribution in [3.63, 3.8) is 0 Å². The highest BCUT2D eigenvalue weighted by molar-refractivity contribution is 7.15. The van der Waals surface area contributed by atoms with Crippen LogP contribution in [0, 0.1) is 12.3 Å². The van der Waals surface area contributed by atoms with Crippen LogP contribution in [0.3, 0.4) is 0 Å². The van der Waals surface area contributed by atoms with Crippen LogP contribution in [0.5, 0.6) is 0 Å². The molecule has 1 aliphatic carbocycles. The van der Waals surface area contributed by atoms with Crippen molar-refractivity contribution in [2.75, 3.05) is 11.9 Å². The molecule has 0 radical (unpaired) electrons. The van der Waals surface area contributed by atoms with Crippen molar-refractivity contribution in [1.29, 1.82) is 0 Å². The normalized spacial score (nSPS) is 16.8. The minimum atomic E-state index is -2.68. The summed E-state index contributed by atoms with van der Waals surface area (Å²) in [5.74, 6) is -0.154. The molecule has 2 N–H and O–H groups in total. The Kier molecular flexibility index (Phi) is 8.18. The molecule has 7 nitrogen and oxygen atoms in total. The molecule has 2 heterocycles. The van der Waals surface area contributed by atoms with Gasteiger partial charge in [-0.3, -0.25) is 4.79 Å². The zero-order valence-electron chi connectivity index (χ0n) is 21.3. The first kappa shape index (κ1) is 27.1. The van der Waals surface area contributed by atoms with Gasteiger partial charge in [0.25, 0.3) is 6.43 Å². The standard InChI is InChI=1S/C27H32F2N4O3S/c1-4-36-24(34)27(9-6-5-7-10-27)16-26(3,35)23-31-15-21(37-23)18-12-17(2)13-19(14-18)32-25-30-11-8-20(33-25)22(28)29/h8,11-15,22,35H,4-7,9-10,16H2,1-3H3,(H,30,32,33). The molecule has 1 aromatic carbocycles. The highest BCUT2D eigenvalue weighted by atomic mass is 32.1. The number of aromatic nitrogens is 3. The molecule has 1 fully saturated rings. The summed E-state index contributed by atoms with van der Waals surface area (Å²) >= 11 is 1.36. The first-order valence-electron chi connectivity index (χ1n) is 12.5. The van der Waals surface area contributed by atoms with E-state index in [0.717, 1.165) is 35.3 Å². The minimum Gasteiger partial charge on any atom is -0.466 e. The molecule has 1 unspecified atom stereocenters. The van der Waals surface area contributed by atoms with E-state index in [-0.39, 0.29) is 24.0 Å². The van der Waals surface area contributed by atoms with Gasteiger partial charge in [-0.25, -0.2) is 23.7 Å². The van der Waals surface area contributed by atoms with Gasteiger partial charge in [0.05, 0.1) is 16.9 Å². The van der Waals surface area contributed by atoms with E-state index in [4.69, 9.17) is 4.74 Å². The first-order valence-corrected chi connectivity index (χ1v) is 13.3. The summed E-state index contributed by atoms with van der Waals surface area (Å²) in [6, 6.07) is 6.89. The van der Waals surface area contributed by atoms with Gasteiger partial charge in [0.15, 0.2) is 0 Å². The van der Waals surface area contributed by atoms with Crippen molar-refractivity contribution >= 4 is 28.9 Å². The molecule has 0 amide bonds. The highest BCUT2D eigenvalue weighted by Gasteiger charge is 2.47. The highest BCUT2D eigenvalue weighted by Crippen LogP contribution is 2.47. The molecular formula is C27H32F2N4O3S. The van der Waals surface area contributed by atoms with Gasteiger partial charge in [-0.2, -0.15) is 0 Å². The fourth-order valence-electron chi connectivity index (χ4n) is 5.04. The van der Waals surface area contributed by atoms with Gasteiger partial charge in [0.2, 0.25) is 5.95 Å². The van der Waals surface area contributed by atoms with Crippen molar-refractivity contribution in [1.82, 2.24) is 15.0 Å². The van der Waals surface area contributed by atoms with Crippen LogP contribution in [0.4, 0.5) is 20.4 Å². The third kappa shape index (κ3) is 6.30. The van der Waals surface area contributed by atoms with Crippen molar-refractivity contribution < 1.29 is 23.4 Å². The molecule has 198 valence electrons. The number of aryl methyl sites for hydroxylation is 1. The molecule has 0 aliphatic heterocycles. The first-order chi connectivity index (χ1) is 17.6. The number of thiazole rings is 1. The molecule has 1 aliphatic rings. The fourth-order valence-corrected chi connectivity index (χ4v) is 5.98. The topological polar surface area (TPSA) is 97.2 Å². The number of nitrogens with zero attached hydrogens (tertiary/aromatic N) is 3. The van der Waals surface area contributed by atoms with Crippen LogP contribution in [0.15, 0.2) is 36.7 Å². The Hall–Kier alpha value is -2.98. The second kappa shape index (κ2) is 11.2. The van der Waals surface area contributed by atoms with E-state index < -0.39 is 17.4 Å². The predicted molar refractivity (Wildman–Crippen MR) is 139 cm³/mol. The Morgan fingerprint density at radius 3 is 2.70 bits per heavy atom. The summed E-state index contributed by atoms with van der Waals surface area (Å²) in [6.45, 7) is 5.74. The van der Waals surface area contributed by atoms with E-state index in [2.05, 4.69) is 20.3 Å². The van der Waals surface area contributed by atoms with Crippen molar-refractivity contribution in [3.8, 4) is 10.4 Å². The van der Waals surface area contributed by atoms with Crippen LogP contribution in [-0.2, 0) is 15.1 Å². The smallest absolute Gasteiger partial charge is 0.312 e. The molecule has 4 rings (SSSR count). The molecule has 1 saturated carbocycles. The largest absolute Gasteiger partial charge is 0.466 e. The zero-order chi connectivity index (χ0) is 26.6. The van der Waals surface area contributed by atoms with Gasteiger partial charge >= 0.3 is 5.97 Å². The molecule has 37 heavy (non-hydrogen) atoms. The molecule has 0 bridgehead atoms. The maximum atomic E-state index is 13.0. The number of aliphatic hydroxyl groups is 1. The van der Waals surface area contributed by atoms with Gasteiger partial charge in [0, 0.05) is 18.1 Å². The van der Waals surface area contributed by atoms with Gasteiger partial charge in [-0.15, -0.1) is 11.3 Å². The van der Waals surface area contributed by atoms with Crippen molar-refractivity contribution in [3.05, 3.63) is 52.9 Å². The summed E-state index contributed by atoms with van der Waals surface area (Å²) in [5.41, 5.74) is 0.0722. The minimum absolute atomic E-state index is 0.0824.